The van der Waals surface area contributed by atoms with E-state index in [4.69, 9.17) is 16.3 Å². The van der Waals surface area contributed by atoms with Crippen LogP contribution in [0.3, 0.4) is 0 Å². The van der Waals surface area contributed by atoms with E-state index in [2.05, 4.69) is 20.4 Å². The molecule has 3 heterocycles. The Morgan fingerprint density at radius 2 is 1.81 bits per heavy atom. The van der Waals surface area contributed by atoms with Crippen LogP contribution in [0.25, 0.3) is 0 Å². The third kappa shape index (κ3) is 4.49. The highest BCUT2D eigenvalue weighted by Gasteiger charge is 2.42. The summed E-state index contributed by atoms with van der Waals surface area (Å²) in [6, 6.07) is 0.837. The van der Waals surface area contributed by atoms with Gasteiger partial charge in [-0.05, 0) is 49.5 Å². The Morgan fingerprint density at radius 1 is 1.15 bits per heavy atom. The van der Waals surface area contributed by atoms with Crippen molar-refractivity contribution in [2.24, 2.45) is 17.8 Å². The van der Waals surface area contributed by atoms with Crippen molar-refractivity contribution >= 4 is 17.4 Å². The maximum Gasteiger partial charge on any atom is 0.420 e. The molecule has 1 aliphatic carbocycles. The van der Waals surface area contributed by atoms with Gasteiger partial charge in [-0.2, -0.15) is 13.2 Å². The van der Waals surface area contributed by atoms with Crippen LogP contribution in [0.4, 0.5) is 19.0 Å². The number of nitrogens with zero attached hydrogens (tertiary/aromatic N) is 3. The molecule has 1 aromatic heterocycles. The summed E-state index contributed by atoms with van der Waals surface area (Å²) in [4.78, 5) is 2.53. The summed E-state index contributed by atoms with van der Waals surface area (Å²) < 4.78 is 45.1. The monoisotopic (exact) mass is 404 g/mol. The average Bonchev–Trinajstić information content (AvgIpc) is 3.14. The standard InChI is InChI=1S/C18H24ClF3N4O/c19-16-7-15(18(20,21)22)17(25-24-16)23-14-5-12-9-26(10-13(12)6-14)8-11-1-3-27-4-2-11/h7,11-14H,1-6,8-10H2,(H,23,25). The molecule has 2 unspecified atom stereocenters. The molecule has 5 nitrogen and oxygen atoms in total. The number of aromatic nitrogens is 2. The minimum atomic E-state index is -4.50. The van der Waals surface area contributed by atoms with Crippen molar-refractivity contribution in [1.29, 1.82) is 0 Å². The summed E-state index contributed by atoms with van der Waals surface area (Å²) >= 11 is 5.60. The average molecular weight is 405 g/mol. The number of nitrogens with one attached hydrogen (secondary N) is 1. The van der Waals surface area contributed by atoms with Crippen molar-refractivity contribution in [2.45, 2.75) is 37.9 Å². The van der Waals surface area contributed by atoms with Gasteiger partial charge in [0.15, 0.2) is 11.0 Å². The predicted octanol–water partition coefficient (Wildman–Crippen LogP) is 3.70. The summed E-state index contributed by atoms with van der Waals surface area (Å²) in [5, 5.41) is 9.97. The van der Waals surface area contributed by atoms with Crippen molar-refractivity contribution in [1.82, 2.24) is 15.1 Å². The summed E-state index contributed by atoms with van der Waals surface area (Å²) in [7, 11) is 0. The molecular weight excluding hydrogens is 381 g/mol. The molecule has 0 radical (unpaired) electrons. The van der Waals surface area contributed by atoms with E-state index in [1.807, 2.05) is 0 Å². The van der Waals surface area contributed by atoms with Gasteiger partial charge in [-0.25, -0.2) is 0 Å². The second-order valence-electron chi connectivity index (χ2n) is 8.03. The lowest BCUT2D eigenvalue weighted by molar-refractivity contribution is -0.137. The quantitative estimate of drug-likeness (QED) is 0.829. The lowest BCUT2D eigenvalue weighted by Gasteiger charge is -2.28. The molecule has 27 heavy (non-hydrogen) atoms. The molecule has 1 aromatic rings. The van der Waals surface area contributed by atoms with Gasteiger partial charge in [0.25, 0.3) is 0 Å². The van der Waals surface area contributed by atoms with E-state index < -0.39 is 11.7 Å². The number of ether oxygens (including phenoxy) is 1. The molecule has 2 saturated heterocycles. The Hall–Kier alpha value is -1.12. The second-order valence-corrected chi connectivity index (χ2v) is 8.42. The van der Waals surface area contributed by atoms with Crippen molar-refractivity contribution in [3.8, 4) is 0 Å². The van der Waals surface area contributed by atoms with E-state index >= 15 is 0 Å². The molecule has 0 bridgehead atoms. The van der Waals surface area contributed by atoms with Gasteiger partial charge in [0.05, 0.1) is 0 Å². The van der Waals surface area contributed by atoms with Crippen LogP contribution in [0.1, 0.15) is 31.2 Å². The molecule has 3 aliphatic rings. The Kier molecular flexibility index (Phi) is 5.49. The fourth-order valence-electron chi connectivity index (χ4n) is 4.84. The van der Waals surface area contributed by atoms with Crippen LogP contribution in [-0.4, -0.2) is 54.0 Å². The van der Waals surface area contributed by atoms with Gasteiger partial charge in [0, 0.05) is 38.9 Å². The Morgan fingerprint density at radius 3 is 2.44 bits per heavy atom. The van der Waals surface area contributed by atoms with E-state index in [1.165, 1.54) is 0 Å². The molecule has 150 valence electrons. The minimum absolute atomic E-state index is 0.00167. The Labute approximate surface area is 161 Å². The summed E-state index contributed by atoms with van der Waals surface area (Å²) in [5.74, 6) is 1.58. The molecule has 0 amide bonds. The zero-order valence-electron chi connectivity index (χ0n) is 15.0. The lowest BCUT2D eigenvalue weighted by atomic mass is 10.00. The molecule has 9 heteroatoms. The van der Waals surface area contributed by atoms with Gasteiger partial charge in [-0.15, -0.1) is 10.2 Å². The first-order valence-electron chi connectivity index (χ1n) is 9.55. The van der Waals surface area contributed by atoms with Crippen LogP contribution in [-0.2, 0) is 10.9 Å². The van der Waals surface area contributed by atoms with Gasteiger partial charge in [0.2, 0.25) is 0 Å². The molecule has 2 aliphatic heterocycles. The maximum atomic E-state index is 13.2. The van der Waals surface area contributed by atoms with Crippen LogP contribution in [0.2, 0.25) is 5.15 Å². The fourth-order valence-corrected chi connectivity index (χ4v) is 4.99. The molecule has 1 N–H and O–H groups in total. The number of anilines is 1. The van der Waals surface area contributed by atoms with Crippen LogP contribution in [0.5, 0.6) is 0 Å². The molecule has 4 rings (SSSR count). The largest absolute Gasteiger partial charge is 0.420 e. The number of hydrogen-bond acceptors (Lipinski definition) is 5. The van der Waals surface area contributed by atoms with Crippen molar-refractivity contribution in [2.75, 3.05) is 38.2 Å². The van der Waals surface area contributed by atoms with E-state index in [-0.39, 0.29) is 17.0 Å². The van der Waals surface area contributed by atoms with Gasteiger partial charge in [0.1, 0.15) is 5.56 Å². The first-order valence-corrected chi connectivity index (χ1v) is 9.93. The Bertz CT molecular complexity index is 654. The Balaban J connectivity index is 1.33. The van der Waals surface area contributed by atoms with Crippen LogP contribution in [0.15, 0.2) is 6.07 Å². The molecule has 0 spiro atoms. The minimum Gasteiger partial charge on any atom is -0.381 e. The molecule has 3 fully saturated rings. The van der Waals surface area contributed by atoms with E-state index in [0.29, 0.717) is 17.8 Å². The second kappa shape index (κ2) is 7.72. The number of halogens is 4. The van der Waals surface area contributed by atoms with Crippen LogP contribution < -0.4 is 5.32 Å². The summed E-state index contributed by atoms with van der Waals surface area (Å²) in [6.07, 6.45) is -0.499. The summed E-state index contributed by atoms with van der Waals surface area (Å²) in [6.45, 7) is 4.93. The van der Waals surface area contributed by atoms with Gasteiger partial charge in [-0.3, -0.25) is 0 Å². The maximum absolute atomic E-state index is 13.2. The van der Waals surface area contributed by atoms with Crippen molar-refractivity contribution in [3.63, 3.8) is 0 Å². The number of fused-ring (bicyclic) bond motifs is 1. The zero-order valence-corrected chi connectivity index (χ0v) is 15.8. The molecule has 0 aromatic carbocycles. The van der Waals surface area contributed by atoms with E-state index in [9.17, 15) is 13.2 Å². The zero-order chi connectivity index (χ0) is 19.0. The van der Waals surface area contributed by atoms with Gasteiger partial charge < -0.3 is 15.0 Å². The first kappa shape index (κ1) is 19.2. The highest BCUT2D eigenvalue weighted by molar-refractivity contribution is 6.29. The van der Waals surface area contributed by atoms with Crippen molar-refractivity contribution in [3.05, 3.63) is 16.8 Å². The highest BCUT2D eigenvalue weighted by atomic mass is 35.5. The number of rotatable bonds is 4. The number of alkyl halides is 3. The van der Waals surface area contributed by atoms with Crippen LogP contribution >= 0.6 is 11.6 Å². The third-order valence-corrected chi connectivity index (χ3v) is 6.28. The predicted molar refractivity (Wildman–Crippen MR) is 95.7 cm³/mol. The number of hydrogen-bond donors (Lipinski definition) is 1. The summed E-state index contributed by atoms with van der Waals surface area (Å²) in [5.41, 5.74) is -0.847. The highest BCUT2D eigenvalue weighted by Crippen LogP contribution is 2.41. The normalized spacial score (nSPS) is 29.9. The van der Waals surface area contributed by atoms with Crippen molar-refractivity contribution < 1.29 is 17.9 Å². The topological polar surface area (TPSA) is 50.3 Å². The number of likely N-dealkylation sites (tertiary alicyclic amines) is 1. The molecular formula is C18H24ClF3N4O. The third-order valence-electron chi connectivity index (χ3n) is 6.09. The fraction of sp³-hybridized carbons (Fsp3) is 0.778. The van der Waals surface area contributed by atoms with Gasteiger partial charge in [-0.1, -0.05) is 11.6 Å². The smallest absolute Gasteiger partial charge is 0.381 e. The first-order chi connectivity index (χ1) is 12.9. The van der Waals surface area contributed by atoms with E-state index in [0.717, 1.165) is 64.6 Å². The van der Waals surface area contributed by atoms with Crippen LogP contribution in [0, 0.1) is 17.8 Å². The SMILES string of the molecule is FC(F)(F)c1cc(Cl)nnc1NC1CC2CN(CC3CCOCC3)CC2C1. The molecule has 1 saturated carbocycles. The van der Waals surface area contributed by atoms with Gasteiger partial charge >= 0.3 is 6.18 Å². The van der Waals surface area contributed by atoms with E-state index in [1.54, 1.807) is 0 Å². The molecule has 2 atom stereocenters. The lowest BCUT2D eigenvalue weighted by Crippen LogP contribution is -2.32.